The molecule has 0 radical (unpaired) electrons. The highest BCUT2D eigenvalue weighted by Gasteiger charge is 2.69. The van der Waals surface area contributed by atoms with Gasteiger partial charge in [-0.15, -0.1) is 23.5 Å². The molecule has 2 aliphatic carbocycles. The Hall–Kier alpha value is -0.580. The Morgan fingerprint density at radius 3 is 2.81 bits per heavy atom. The van der Waals surface area contributed by atoms with Crippen LogP contribution >= 0.6 is 23.5 Å². The molecule has 0 amide bonds. The standard InChI is InChI=1S/C16H18F2O6S2/c1-15(17,18)14(21)22-7-3-6-2-5(7)4-16(6)25-10-8-9(23-13(10)26-16)12(20)24-11(8)19/h5-10,12-13,20H,2-4H2,1H3. The molecule has 1 N–H and O–H groups in total. The molecule has 2 saturated carbocycles. The van der Waals surface area contributed by atoms with Crippen molar-refractivity contribution in [2.24, 2.45) is 17.8 Å². The first kappa shape index (κ1) is 17.5. The smallest absolute Gasteiger partial charge is 0.376 e. The van der Waals surface area contributed by atoms with Crippen molar-refractivity contribution in [2.75, 3.05) is 0 Å². The van der Waals surface area contributed by atoms with Gasteiger partial charge in [-0.05, 0) is 31.1 Å². The van der Waals surface area contributed by atoms with E-state index in [1.165, 1.54) is 0 Å². The molecule has 0 aromatic rings. The van der Waals surface area contributed by atoms with Crippen molar-refractivity contribution in [3.63, 3.8) is 0 Å². The molecule has 9 unspecified atom stereocenters. The van der Waals surface area contributed by atoms with Gasteiger partial charge >= 0.3 is 17.9 Å². The zero-order valence-corrected chi connectivity index (χ0v) is 15.4. The van der Waals surface area contributed by atoms with Crippen molar-refractivity contribution in [1.82, 2.24) is 0 Å². The summed E-state index contributed by atoms with van der Waals surface area (Å²) in [6.45, 7) is 0.552. The molecule has 3 aliphatic heterocycles. The number of halogens is 2. The fourth-order valence-electron chi connectivity index (χ4n) is 5.00. The summed E-state index contributed by atoms with van der Waals surface area (Å²) in [5.74, 6) is -5.52. The van der Waals surface area contributed by atoms with Crippen LogP contribution in [-0.4, -0.2) is 56.2 Å². The van der Waals surface area contributed by atoms with Gasteiger partial charge in [0.05, 0.1) is 9.33 Å². The van der Waals surface area contributed by atoms with Crippen molar-refractivity contribution in [3.05, 3.63) is 0 Å². The number of aliphatic hydroxyl groups is 1. The minimum Gasteiger partial charge on any atom is -0.458 e. The summed E-state index contributed by atoms with van der Waals surface area (Å²) in [6, 6.07) is 0. The van der Waals surface area contributed by atoms with Crippen molar-refractivity contribution in [2.45, 2.75) is 65.4 Å². The van der Waals surface area contributed by atoms with E-state index < -0.39 is 42.3 Å². The number of carbonyl (C=O) groups excluding carboxylic acids is 2. The molecule has 3 saturated heterocycles. The predicted molar refractivity (Wildman–Crippen MR) is 87.3 cm³/mol. The van der Waals surface area contributed by atoms with Gasteiger partial charge in [0, 0.05) is 6.92 Å². The number of alkyl halides is 2. The van der Waals surface area contributed by atoms with Gasteiger partial charge in [0.15, 0.2) is 0 Å². The number of fused-ring (bicyclic) bond motifs is 6. The number of ether oxygens (including phenoxy) is 3. The maximum Gasteiger partial charge on any atom is 0.376 e. The molecule has 0 aromatic heterocycles. The third kappa shape index (κ3) is 2.37. The minimum absolute atomic E-state index is 0.0574. The van der Waals surface area contributed by atoms with Crippen LogP contribution in [-0.2, 0) is 23.8 Å². The molecular formula is C16H18F2O6S2. The summed E-state index contributed by atoms with van der Waals surface area (Å²) < 4.78 is 41.9. The van der Waals surface area contributed by atoms with Crippen molar-refractivity contribution in [1.29, 1.82) is 0 Å². The van der Waals surface area contributed by atoms with Gasteiger partial charge in [-0.25, -0.2) is 4.79 Å². The number of thioether (sulfide) groups is 2. The molecule has 2 bridgehead atoms. The molecule has 5 fully saturated rings. The van der Waals surface area contributed by atoms with Gasteiger partial charge in [0.2, 0.25) is 6.29 Å². The molecule has 144 valence electrons. The lowest BCUT2D eigenvalue weighted by Gasteiger charge is -2.36. The van der Waals surface area contributed by atoms with Crippen LogP contribution in [0.15, 0.2) is 0 Å². The summed E-state index contributed by atoms with van der Waals surface area (Å²) in [6.07, 6.45) is -0.131. The average molecular weight is 408 g/mol. The Bertz CT molecular complexity index is 672. The summed E-state index contributed by atoms with van der Waals surface area (Å²) in [5.41, 5.74) is -0.183. The molecule has 10 heteroatoms. The van der Waals surface area contributed by atoms with Gasteiger partial charge < -0.3 is 19.3 Å². The van der Waals surface area contributed by atoms with E-state index in [1.807, 2.05) is 0 Å². The second-order valence-corrected chi connectivity index (χ2v) is 11.0. The van der Waals surface area contributed by atoms with E-state index in [2.05, 4.69) is 0 Å². The van der Waals surface area contributed by atoms with Crippen LogP contribution in [0.5, 0.6) is 0 Å². The quantitative estimate of drug-likeness (QED) is 0.692. The van der Waals surface area contributed by atoms with E-state index in [0.29, 0.717) is 13.3 Å². The molecule has 0 aromatic carbocycles. The Morgan fingerprint density at radius 2 is 2.15 bits per heavy atom. The number of esters is 2. The lowest BCUT2D eigenvalue weighted by molar-refractivity contribution is -0.177. The van der Waals surface area contributed by atoms with Crippen molar-refractivity contribution in [3.8, 4) is 0 Å². The first-order chi connectivity index (χ1) is 12.2. The molecule has 5 aliphatic rings. The predicted octanol–water partition coefficient (Wildman–Crippen LogP) is 1.74. The lowest BCUT2D eigenvalue weighted by atomic mass is 9.96. The Labute approximate surface area is 156 Å². The molecule has 1 spiro atoms. The van der Waals surface area contributed by atoms with E-state index >= 15 is 0 Å². The van der Waals surface area contributed by atoms with Gasteiger partial charge in [-0.3, -0.25) is 4.79 Å². The van der Waals surface area contributed by atoms with E-state index in [9.17, 15) is 23.5 Å². The highest BCUT2D eigenvalue weighted by atomic mass is 32.2. The number of rotatable bonds is 2. The molecule has 3 heterocycles. The normalized spacial score (nSPS) is 51.6. The average Bonchev–Trinajstić information content (AvgIpc) is 3.27. The van der Waals surface area contributed by atoms with E-state index in [4.69, 9.17) is 14.2 Å². The SMILES string of the molecule is CC(F)(F)C(=O)OC1CC2CC1CC21SC2OC3C(O)OC(=O)C3C2S1. The number of aliphatic hydroxyl groups excluding tert-OH is 1. The molecule has 5 rings (SSSR count). The maximum absolute atomic E-state index is 13.1. The summed E-state index contributed by atoms with van der Waals surface area (Å²) in [4.78, 5) is 23.5. The summed E-state index contributed by atoms with van der Waals surface area (Å²) >= 11 is 3.38. The second kappa shape index (κ2) is 5.48. The van der Waals surface area contributed by atoms with Crippen LogP contribution in [0.2, 0.25) is 0 Å². The number of cyclic esters (lactones) is 1. The topological polar surface area (TPSA) is 82.1 Å². The Kier molecular flexibility index (Phi) is 3.69. The fourth-order valence-corrected chi connectivity index (χ4v) is 9.49. The zero-order chi connectivity index (χ0) is 18.4. The van der Waals surface area contributed by atoms with Gasteiger partial charge in [-0.2, -0.15) is 8.78 Å². The zero-order valence-electron chi connectivity index (χ0n) is 13.8. The molecular weight excluding hydrogens is 390 g/mol. The van der Waals surface area contributed by atoms with Crippen LogP contribution in [0.4, 0.5) is 8.78 Å². The summed E-state index contributed by atoms with van der Waals surface area (Å²) in [7, 11) is 0. The van der Waals surface area contributed by atoms with Gasteiger partial charge in [-0.1, -0.05) is 0 Å². The first-order valence-electron chi connectivity index (χ1n) is 8.66. The highest BCUT2D eigenvalue weighted by Crippen LogP contribution is 2.71. The van der Waals surface area contributed by atoms with Gasteiger partial charge in [0.1, 0.15) is 23.6 Å². The third-order valence-corrected chi connectivity index (χ3v) is 10.1. The fraction of sp³-hybridized carbons (Fsp3) is 0.875. The van der Waals surface area contributed by atoms with Crippen LogP contribution in [0.3, 0.4) is 0 Å². The third-order valence-electron chi connectivity index (χ3n) is 6.12. The lowest BCUT2D eigenvalue weighted by Crippen LogP contribution is -2.38. The van der Waals surface area contributed by atoms with E-state index in [-0.39, 0.29) is 26.6 Å². The van der Waals surface area contributed by atoms with E-state index in [1.54, 1.807) is 23.5 Å². The van der Waals surface area contributed by atoms with Crippen LogP contribution in [0, 0.1) is 17.8 Å². The number of carbonyl (C=O) groups is 2. The van der Waals surface area contributed by atoms with Crippen LogP contribution < -0.4 is 0 Å². The van der Waals surface area contributed by atoms with Crippen LogP contribution in [0.1, 0.15) is 26.2 Å². The maximum atomic E-state index is 13.1. The van der Waals surface area contributed by atoms with Crippen molar-refractivity contribution < 1.29 is 37.7 Å². The monoisotopic (exact) mass is 408 g/mol. The van der Waals surface area contributed by atoms with Gasteiger partial charge in [0.25, 0.3) is 0 Å². The highest BCUT2D eigenvalue weighted by molar-refractivity contribution is 8.22. The summed E-state index contributed by atoms with van der Waals surface area (Å²) in [5, 5.41) is 9.70. The molecule has 6 nitrogen and oxygen atoms in total. The first-order valence-corrected chi connectivity index (χ1v) is 10.4. The van der Waals surface area contributed by atoms with Crippen LogP contribution in [0.25, 0.3) is 0 Å². The largest absolute Gasteiger partial charge is 0.458 e. The van der Waals surface area contributed by atoms with E-state index in [0.717, 1.165) is 12.8 Å². The Balaban J connectivity index is 1.27. The Morgan fingerprint density at radius 1 is 1.38 bits per heavy atom. The minimum atomic E-state index is -3.47. The number of hydrogen-bond acceptors (Lipinski definition) is 8. The molecule has 9 atom stereocenters. The second-order valence-electron chi connectivity index (χ2n) is 7.80. The number of hydrogen-bond donors (Lipinski definition) is 1. The molecule has 26 heavy (non-hydrogen) atoms. The van der Waals surface area contributed by atoms with Crippen molar-refractivity contribution >= 4 is 35.5 Å².